The summed E-state index contributed by atoms with van der Waals surface area (Å²) < 4.78 is 0. The first kappa shape index (κ1) is 19.6. The molecule has 1 aliphatic heterocycles. The lowest BCUT2D eigenvalue weighted by molar-refractivity contribution is 0.213. The Morgan fingerprint density at radius 3 is 2.45 bits per heavy atom. The van der Waals surface area contributed by atoms with Crippen molar-refractivity contribution in [2.75, 3.05) is 13.1 Å². The van der Waals surface area contributed by atoms with Crippen molar-refractivity contribution in [2.45, 2.75) is 39.2 Å². The third kappa shape index (κ3) is 5.00. The van der Waals surface area contributed by atoms with E-state index in [2.05, 4.69) is 96.0 Å². The average Bonchev–Trinajstić information content (AvgIpc) is 2.78. The molecule has 1 aliphatic rings. The molecule has 0 saturated carbocycles. The summed E-state index contributed by atoms with van der Waals surface area (Å²) in [6.07, 6.45) is 7.16. The number of allylic oxidation sites excluding steroid dienone is 1. The predicted octanol–water partition coefficient (Wildman–Crippen LogP) is 6.14. The minimum absolute atomic E-state index is 0.801. The van der Waals surface area contributed by atoms with Crippen LogP contribution in [-0.2, 0) is 13.0 Å². The molecule has 0 unspecified atom stereocenters. The molecule has 0 atom stereocenters. The number of rotatable bonds is 7. The van der Waals surface area contributed by atoms with Gasteiger partial charge < -0.3 is 10.2 Å². The Kier molecular flexibility index (Phi) is 6.51. The van der Waals surface area contributed by atoms with E-state index < -0.39 is 0 Å². The maximum Gasteiger partial charge on any atom is 0.0974 e. The van der Waals surface area contributed by atoms with Crippen LogP contribution in [0.2, 0.25) is 0 Å². The molecule has 1 fully saturated rings. The number of piperidine rings is 1. The fourth-order valence-corrected chi connectivity index (χ4v) is 4.46. The zero-order valence-electron chi connectivity index (χ0n) is 17.5. The van der Waals surface area contributed by atoms with Crippen molar-refractivity contribution < 1.29 is 0 Å². The fourth-order valence-electron chi connectivity index (χ4n) is 4.46. The summed E-state index contributed by atoms with van der Waals surface area (Å²) in [5, 5.41) is 6.41. The molecule has 0 bridgehead atoms. The zero-order chi connectivity index (χ0) is 19.9. The lowest BCUT2D eigenvalue weighted by Crippen LogP contribution is -2.38. The van der Waals surface area contributed by atoms with Crippen molar-refractivity contribution in [3.63, 3.8) is 0 Å². The molecule has 150 valence electrons. The second-order valence-electron chi connectivity index (χ2n) is 8.11. The Labute approximate surface area is 175 Å². The van der Waals surface area contributed by atoms with Crippen LogP contribution in [0, 0.1) is 5.92 Å². The number of likely N-dealkylation sites (tertiary alicyclic amines) is 1. The van der Waals surface area contributed by atoms with E-state index in [4.69, 9.17) is 0 Å². The summed E-state index contributed by atoms with van der Waals surface area (Å²) in [5.41, 5.74) is 2.84. The largest absolute Gasteiger partial charge is 0.368 e. The Hall–Kier alpha value is -2.74. The zero-order valence-corrected chi connectivity index (χ0v) is 17.5. The molecule has 2 nitrogen and oxygen atoms in total. The maximum absolute atomic E-state index is 3.75. The lowest BCUT2D eigenvalue weighted by Gasteiger charge is -2.35. The van der Waals surface area contributed by atoms with Gasteiger partial charge in [0.1, 0.15) is 0 Å². The minimum Gasteiger partial charge on any atom is -0.368 e. The van der Waals surface area contributed by atoms with Gasteiger partial charge in [-0.1, -0.05) is 79.7 Å². The molecule has 3 aromatic rings. The highest BCUT2D eigenvalue weighted by Gasteiger charge is 2.21. The normalized spacial score (nSPS) is 15.6. The highest BCUT2D eigenvalue weighted by Crippen LogP contribution is 2.24. The van der Waals surface area contributed by atoms with Gasteiger partial charge in [-0.2, -0.15) is 0 Å². The van der Waals surface area contributed by atoms with Crippen molar-refractivity contribution in [1.82, 2.24) is 10.2 Å². The molecule has 1 heterocycles. The SMILES string of the molecule is CCC=C(NCc1cccc2ccccc12)N1CCC(Cc2ccccc2)CC1. The topological polar surface area (TPSA) is 15.3 Å². The first-order valence-electron chi connectivity index (χ1n) is 11.0. The molecule has 2 heteroatoms. The molecule has 4 rings (SSSR count). The number of fused-ring (bicyclic) bond motifs is 1. The smallest absolute Gasteiger partial charge is 0.0974 e. The van der Waals surface area contributed by atoms with Crippen molar-refractivity contribution >= 4 is 10.8 Å². The van der Waals surface area contributed by atoms with Crippen LogP contribution in [0.3, 0.4) is 0 Å². The monoisotopic (exact) mass is 384 g/mol. The van der Waals surface area contributed by atoms with Gasteiger partial charge in [0.25, 0.3) is 0 Å². The first-order valence-corrected chi connectivity index (χ1v) is 11.0. The third-order valence-corrected chi connectivity index (χ3v) is 6.06. The van der Waals surface area contributed by atoms with E-state index >= 15 is 0 Å². The molecule has 0 aliphatic carbocycles. The number of hydrogen-bond donors (Lipinski definition) is 1. The summed E-state index contributed by atoms with van der Waals surface area (Å²) in [4.78, 5) is 2.55. The van der Waals surface area contributed by atoms with Crippen molar-refractivity contribution in [3.8, 4) is 0 Å². The van der Waals surface area contributed by atoms with Crippen LogP contribution in [0.1, 0.15) is 37.3 Å². The Morgan fingerprint density at radius 1 is 0.931 bits per heavy atom. The Bertz CT molecular complexity index is 932. The lowest BCUT2D eigenvalue weighted by atomic mass is 9.90. The molecular formula is C27H32N2. The van der Waals surface area contributed by atoms with E-state index in [9.17, 15) is 0 Å². The summed E-state index contributed by atoms with van der Waals surface area (Å²) in [5.74, 6) is 2.10. The van der Waals surface area contributed by atoms with Crippen molar-refractivity contribution in [2.24, 2.45) is 5.92 Å². The predicted molar refractivity (Wildman–Crippen MR) is 124 cm³/mol. The first-order chi connectivity index (χ1) is 14.3. The van der Waals surface area contributed by atoms with Crippen LogP contribution in [0.25, 0.3) is 10.8 Å². The van der Waals surface area contributed by atoms with Crippen LogP contribution >= 0.6 is 0 Å². The summed E-state index contributed by atoms with van der Waals surface area (Å²) in [6.45, 7) is 5.39. The van der Waals surface area contributed by atoms with Crippen molar-refractivity contribution in [3.05, 3.63) is 95.8 Å². The molecule has 29 heavy (non-hydrogen) atoms. The van der Waals surface area contributed by atoms with Gasteiger partial charge >= 0.3 is 0 Å². The van der Waals surface area contributed by atoms with E-state index in [1.54, 1.807) is 0 Å². The molecule has 0 radical (unpaired) electrons. The second-order valence-corrected chi connectivity index (χ2v) is 8.11. The highest BCUT2D eigenvalue weighted by molar-refractivity contribution is 5.85. The molecule has 1 saturated heterocycles. The van der Waals surface area contributed by atoms with Crippen LogP contribution in [-0.4, -0.2) is 18.0 Å². The molecule has 0 aromatic heterocycles. The Balaban J connectivity index is 1.37. The maximum atomic E-state index is 3.75. The third-order valence-electron chi connectivity index (χ3n) is 6.06. The van der Waals surface area contributed by atoms with Crippen LogP contribution in [0.5, 0.6) is 0 Å². The number of hydrogen-bond acceptors (Lipinski definition) is 2. The van der Waals surface area contributed by atoms with Crippen LogP contribution in [0.4, 0.5) is 0 Å². The molecule has 3 aromatic carbocycles. The number of nitrogens with one attached hydrogen (secondary N) is 1. The van der Waals surface area contributed by atoms with Gasteiger partial charge in [-0.05, 0) is 59.6 Å². The molecule has 1 N–H and O–H groups in total. The quantitative estimate of drug-likeness (QED) is 0.527. The molecular weight excluding hydrogens is 352 g/mol. The second kappa shape index (κ2) is 9.65. The Morgan fingerprint density at radius 2 is 1.66 bits per heavy atom. The molecule has 0 amide bonds. The van der Waals surface area contributed by atoms with Gasteiger partial charge in [0.05, 0.1) is 5.82 Å². The van der Waals surface area contributed by atoms with E-state index in [1.807, 2.05) is 0 Å². The fraction of sp³-hybridized carbons (Fsp3) is 0.333. The van der Waals surface area contributed by atoms with Gasteiger partial charge in [0, 0.05) is 19.6 Å². The molecule has 0 spiro atoms. The van der Waals surface area contributed by atoms with E-state index in [1.165, 1.54) is 47.0 Å². The van der Waals surface area contributed by atoms with Crippen LogP contribution in [0.15, 0.2) is 84.7 Å². The van der Waals surface area contributed by atoms with E-state index in [0.29, 0.717) is 0 Å². The van der Waals surface area contributed by atoms with Gasteiger partial charge in [0.15, 0.2) is 0 Å². The minimum atomic E-state index is 0.801. The highest BCUT2D eigenvalue weighted by atomic mass is 15.2. The number of benzene rings is 3. The summed E-state index contributed by atoms with van der Waals surface area (Å²) >= 11 is 0. The van der Waals surface area contributed by atoms with Gasteiger partial charge in [-0.3, -0.25) is 0 Å². The van der Waals surface area contributed by atoms with Gasteiger partial charge in [-0.25, -0.2) is 0 Å². The summed E-state index contributed by atoms with van der Waals surface area (Å²) in [7, 11) is 0. The van der Waals surface area contributed by atoms with Crippen LogP contribution < -0.4 is 5.32 Å². The average molecular weight is 385 g/mol. The summed E-state index contributed by atoms with van der Waals surface area (Å²) in [6, 6.07) is 26.2. The van der Waals surface area contributed by atoms with Gasteiger partial charge in [0.2, 0.25) is 0 Å². The number of nitrogens with zero attached hydrogens (tertiary/aromatic N) is 1. The van der Waals surface area contributed by atoms with E-state index in [0.717, 1.165) is 32.0 Å². The standard InChI is InChI=1S/C27H32N2/c1-2-9-27(28-21-25-14-8-13-24-12-6-7-15-26(24)25)29-18-16-23(17-19-29)20-22-10-4-3-5-11-22/h3-15,23,28H,2,16-21H2,1H3. The van der Waals surface area contributed by atoms with Gasteiger partial charge in [-0.15, -0.1) is 0 Å². The van der Waals surface area contributed by atoms with Crippen molar-refractivity contribution in [1.29, 1.82) is 0 Å². The van der Waals surface area contributed by atoms with E-state index in [-0.39, 0.29) is 0 Å².